The number of hydrogen-bond donors (Lipinski definition) is 1. The molecule has 7 nitrogen and oxygen atoms in total. The summed E-state index contributed by atoms with van der Waals surface area (Å²) in [6.07, 6.45) is 1.39. The van der Waals surface area contributed by atoms with Crippen molar-refractivity contribution in [2.45, 2.75) is 13.8 Å². The zero-order chi connectivity index (χ0) is 15.4. The molecule has 0 aliphatic heterocycles. The number of aromatic nitrogens is 2. The highest BCUT2D eigenvalue weighted by Gasteiger charge is 2.13. The van der Waals surface area contributed by atoms with Gasteiger partial charge in [0.25, 0.3) is 5.69 Å². The topological polar surface area (TPSA) is 90.2 Å². The van der Waals surface area contributed by atoms with Crippen molar-refractivity contribution >= 4 is 27.4 Å². The van der Waals surface area contributed by atoms with Crippen LogP contribution in [0.4, 0.5) is 11.5 Å². The number of nitro groups is 1. The summed E-state index contributed by atoms with van der Waals surface area (Å²) in [4.78, 5) is 18.4. The number of halogens is 1. The van der Waals surface area contributed by atoms with E-state index in [-0.39, 0.29) is 5.69 Å². The molecule has 21 heavy (non-hydrogen) atoms. The van der Waals surface area contributed by atoms with Crippen molar-refractivity contribution in [1.29, 1.82) is 0 Å². The Hall–Kier alpha value is -2.22. The zero-order valence-corrected chi connectivity index (χ0v) is 13.0. The van der Waals surface area contributed by atoms with Gasteiger partial charge in [-0.2, -0.15) is 0 Å². The fourth-order valence-electron chi connectivity index (χ4n) is 1.68. The summed E-state index contributed by atoms with van der Waals surface area (Å²) in [5, 5.41) is 13.8. The first-order chi connectivity index (χ1) is 10.0. The van der Waals surface area contributed by atoms with Gasteiger partial charge in [0.2, 0.25) is 5.88 Å². The van der Waals surface area contributed by atoms with E-state index < -0.39 is 4.92 Å². The van der Waals surface area contributed by atoms with Gasteiger partial charge in [0, 0.05) is 18.7 Å². The summed E-state index contributed by atoms with van der Waals surface area (Å²) in [7, 11) is 0. The van der Waals surface area contributed by atoms with Gasteiger partial charge in [-0.1, -0.05) is 0 Å². The van der Waals surface area contributed by atoms with E-state index in [4.69, 9.17) is 4.74 Å². The van der Waals surface area contributed by atoms with Crippen LogP contribution in [-0.4, -0.2) is 21.4 Å². The number of rotatable bonds is 5. The Balaban J connectivity index is 2.30. The number of benzene rings is 1. The predicted molar refractivity (Wildman–Crippen MR) is 81.8 cm³/mol. The van der Waals surface area contributed by atoms with Crippen LogP contribution in [0.15, 0.2) is 29.0 Å². The monoisotopic (exact) mass is 352 g/mol. The van der Waals surface area contributed by atoms with Gasteiger partial charge in [-0.3, -0.25) is 10.1 Å². The quantitative estimate of drug-likeness (QED) is 0.651. The molecule has 1 heterocycles. The average molecular weight is 353 g/mol. The highest BCUT2D eigenvalue weighted by molar-refractivity contribution is 9.10. The van der Waals surface area contributed by atoms with Gasteiger partial charge in [-0.05, 0) is 41.4 Å². The van der Waals surface area contributed by atoms with Crippen LogP contribution >= 0.6 is 15.9 Å². The number of nitrogens with one attached hydrogen (secondary N) is 1. The van der Waals surface area contributed by atoms with Crippen molar-refractivity contribution in [3.05, 3.63) is 44.7 Å². The van der Waals surface area contributed by atoms with Gasteiger partial charge >= 0.3 is 0 Å². The normalized spacial score (nSPS) is 10.2. The van der Waals surface area contributed by atoms with E-state index in [0.29, 0.717) is 34.0 Å². The Morgan fingerprint density at radius 3 is 2.81 bits per heavy atom. The fourth-order valence-corrected chi connectivity index (χ4v) is 2.11. The first-order valence-electron chi connectivity index (χ1n) is 6.20. The third-order valence-electron chi connectivity index (χ3n) is 2.68. The Morgan fingerprint density at radius 2 is 2.19 bits per heavy atom. The van der Waals surface area contributed by atoms with Crippen LogP contribution in [-0.2, 0) is 0 Å². The van der Waals surface area contributed by atoms with Crippen molar-refractivity contribution in [3.63, 3.8) is 0 Å². The molecule has 0 aliphatic rings. The number of non-ortho nitro benzene ring substituents is 1. The van der Waals surface area contributed by atoms with Gasteiger partial charge in [-0.15, -0.1) is 0 Å². The van der Waals surface area contributed by atoms with E-state index in [0.717, 1.165) is 0 Å². The van der Waals surface area contributed by atoms with E-state index in [1.165, 1.54) is 18.5 Å². The molecular formula is C13H13BrN4O3. The highest BCUT2D eigenvalue weighted by atomic mass is 79.9. The molecule has 1 aromatic heterocycles. The van der Waals surface area contributed by atoms with Crippen molar-refractivity contribution < 1.29 is 9.66 Å². The van der Waals surface area contributed by atoms with Crippen LogP contribution in [0, 0.1) is 17.0 Å². The Kier molecular flexibility index (Phi) is 4.69. The molecule has 1 N–H and O–H groups in total. The molecular weight excluding hydrogens is 340 g/mol. The van der Waals surface area contributed by atoms with Gasteiger partial charge in [0.15, 0.2) is 0 Å². The lowest BCUT2D eigenvalue weighted by molar-refractivity contribution is -0.384. The molecule has 110 valence electrons. The van der Waals surface area contributed by atoms with Gasteiger partial charge in [-0.25, -0.2) is 9.97 Å². The fraction of sp³-hybridized carbons (Fsp3) is 0.231. The summed E-state index contributed by atoms with van der Waals surface area (Å²) < 4.78 is 6.30. The zero-order valence-electron chi connectivity index (χ0n) is 11.5. The Bertz CT molecular complexity index is 678. The number of aryl methyl sites for hydroxylation is 1. The average Bonchev–Trinajstić information content (AvgIpc) is 2.45. The lowest BCUT2D eigenvalue weighted by atomic mass is 10.2. The molecule has 0 saturated heterocycles. The predicted octanol–water partition coefficient (Wildman–Crippen LogP) is 3.68. The van der Waals surface area contributed by atoms with Crippen LogP contribution in [0.1, 0.15) is 12.5 Å². The highest BCUT2D eigenvalue weighted by Crippen LogP contribution is 2.34. The van der Waals surface area contributed by atoms with E-state index in [1.807, 2.05) is 6.92 Å². The van der Waals surface area contributed by atoms with E-state index in [9.17, 15) is 10.1 Å². The van der Waals surface area contributed by atoms with E-state index in [2.05, 4.69) is 31.2 Å². The molecule has 2 rings (SSSR count). The molecule has 0 fully saturated rings. The molecule has 8 heteroatoms. The molecule has 0 amide bonds. The molecule has 0 radical (unpaired) electrons. The third kappa shape index (κ3) is 3.46. The smallest absolute Gasteiger partial charge is 0.269 e. The minimum absolute atomic E-state index is 0.0231. The van der Waals surface area contributed by atoms with E-state index >= 15 is 0 Å². The molecule has 2 aromatic rings. The van der Waals surface area contributed by atoms with Crippen LogP contribution < -0.4 is 10.1 Å². The van der Waals surface area contributed by atoms with Gasteiger partial charge in [0.1, 0.15) is 22.4 Å². The molecule has 0 atom stereocenters. The number of hydrogen-bond acceptors (Lipinski definition) is 6. The van der Waals surface area contributed by atoms with Gasteiger partial charge < -0.3 is 10.1 Å². The molecule has 0 aliphatic carbocycles. The summed E-state index contributed by atoms with van der Waals surface area (Å²) in [5.74, 6) is 1.47. The maximum atomic E-state index is 10.7. The van der Waals surface area contributed by atoms with Crippen LogP contribution in [0.5, 0.6) is 11.6 Å². The number of nitrogens with zero attached hydrogens (tertiary/aromatic N) is 3. The minimum atomic E-state index is -0.444. The Morgan fingerprint density at radius 1 is 1.43 bits per heavy atom. The van der Waals surface area contributed by atoms with Crippen LogP contribution in [0.2, 0.25) is 0 Å². The number of ether oxygens (including phenoxy) is 1. The molecule has 0 bridgehead atoms. The minimum Gasteiger partial charge on any atom is -0.437 e. The van der Waals surface area contributed by atoms with E-state index in [1.54, 1.807) is 13.0 Å². The van der Waals surface area contributed by atoms with Crippen molar-refractivity contribution in [2.75, 3.05) is 11.9 Å². The lowest BCUT2D eigenvalue weighted by Crippen LogP contribution is -2.02. The van der Waals surface area contributed by atoms with Crippen molar-refractivity contribution in [1.82, 2.24) is 9.97 Å². The van der Waals surface area contributed by atoms with Crippen LogP contribution in [0.25, 0.3) is 0 Å². The first-order valence-corrected chi connectivity index (χ1v) is 6.99. The summed E-state index contributed by atoms with van der Waals surface area (Å²) in [6.45, 7) is 4.41. The third-order valence-corrected chi connectivity index (χ3v) is 3.39. The molecule has 1 aromatic carbocycles. The maximum absolute atomic E-state index is 10.7. The maximum Gasteiger partial charge on any atom is 0.269 e. The SMILES string of the molecule is CCNc1ncnc(Oc2ccc([N+](=O)[O-])cc2C)c1Br. The van der Waals surface area contributed by atoms with Crippen molar-refractivity contribution in [2.24, 2.45) is 0 Å². The number of anilines is 1. The second-order valence-electron chi connectivity index (χ2n) is 4.18. The summed E-state index contributed by atoms with van der Waals surface area (Å²) in [5.41, 5.74) is 0.676. The van der Waals surface area contributed by atoms with Gasteiger partial charge in [0.05, 0.1) is 4.92 Å². The standard InChI is InChI=1S/C13H13BrN4O3/c1-3-15-12-11(14)13(17-7-16-12)21-10-5-4-9(18(19)20)6-8(10)2/h4-7H,3H2,1-2H3,(H,15,16,17). The van der Waals surface area contributed by atoms with Crippen LogP contribution in [0.3, 0.4) is 0 Å². The summed E-state index contributed by atoms with van der Waals surface area (Å²) in [6, 6.07) is 4.40. The molecule has 0 saturated carbocycles. The second kappa shape index (κ2) is 6.49. The Labute approximate surface area is 129 Å². The van der Waals surface area contributed by atoms with Crippen molar-refractivity contribution in [3.8, 4) is 11.6 Å². The summed E-state index contributed by atoms with van der Waals surface area (Å²) >= 11 is 3.38. The first kappa shape index (κ1) is 15.2. The molecule has 0 spiro atoms. The lowest BCUT2D eigenvalue weighted by Gasteiger charge is -2.11. The molecule has 0 unspecified atom stereocenters. The number of nitro benzene ring substituents is 1. The largest absolute Gasteiger partial charge is 0.437 e. The second-order valence-corrected chi connectivity index (χ2v) is 4.97.